The number of amides is 1. The molecule has 2 rings (SSSR count). The fourth-order valence-corrected chi connectivity index (χ4v) is 3.44. The van der Waals surface area contributed by atoms with Gasteiger partial charge in [0, 0.05) is 37.3 Å². The summed E-state index contributed by atoms with van der Waals surface area (Å²) in [6, 6.07) is 0.754. The van der Waals surface area contributed by atoms with Gasteiger partial charge in [0.05, 0.1) is 0 Å². The van der Waals surface area contributed by atoms with E-state index in [1.54, 1.807) is 0 Å². The number of nitrogens with one attached hydrogen (secondary N) is 2. The Kier molecular flexibility index (Phi) is 6.04. The summed E-state index contributed by atoms with van der Waals surface area (Å²) in [5.41, 5.74) is 3.26. The second-order valence-electron chi connectivity index (χ2n) is 7.00. The highest BCUT2D eigenvalue weighted by Crippen LogP contribution is 2.20. The van der Waals surface area contributed by atoms with Gasteiger partial charge in [-0.1, -0.05) is 0 Å². The second kappa shape index (κ2) is 7.83. The van der Waals surface area contributed by atoms with Gasteiger partial charge >= 0.3 is 5.97 Å². The van der Waals surface area contributed by atoms with Crippen molar-refractivity contribution < 1.29 is 14.7 Å². The number of carbonyl (C=O) groups is 2. The smallest absolute Gasteiger partial charge is 0.303 e. The fraction of sp³-hybridized carbons (Fsp3) is 0.667. The van der Waals surface area contributed by atoms with Crippen molar-refractivity contribution >= 4 is 11.9 Å². The van der Waals surface area contributed by atoms with Crippen molar-refractivity contribution in [2.75, 3.05) is 13.1 Å². The number of H-pyrrole nitrogens is 1. The molecule has 1 aliphatic rings. The van der Waals surface area contributed by atoms with Gasteiger partial charge in [0.1, 0.15) is 5.69 Å². The Bertz CT molecular complexity index is 599. The van der Waals surface area contributed by atoms with E-state index in [1.165, 1.54) is 0 Å². The third-order valence-electron chi connectivity index (χ3n) is 5.00. The second-order valence-corrected chi connectivity index (χ2v) is 7.00. The van der Waals surface area contributed by atoms with Gasteiger partial charge in [-0.25, -0.2) is 0 Å². The lowest BCUT2D eigenvalue weighted by Crippen LogP contribution is -2.46. The summed E-state index contributed by atoms with van der Waals surface area (Å²) in [5, 5.41) is 12.0. The number of carbonyl (C=O) groups excluding carboxylic acids is 1. The molecule has 1 aliphatic heterocycles. The topological polar surface area (TPSA) is 85.4 Å². The lowest BCUT2D eigenvalue weighted by molar-refractivity contribution is -0.136. The Morgan fingerprint density at radius 3 is 2.46 bits per heavy atom. The van der Waals surface area contributed by atoms with E-state index in [4.69, 9.17) is 5.11 Å². The number of hydrogen-bond acceptors (Lipinski definition) is 3. The van der Waals surface area contributed by atoms with Gasteiger partial charge in [-0.3, -0.25) is 9.59 Å². The molecule has 6 nitrogen and oxygen atoms in total. The molecule has 6 heteroatoms. The van der Waals surface area contributed by atoms with Crippen LogP contribution in [-0.4, -0.2) is 52.0 Å². The number of rotatable bonds is 6. The molecule has 0 spiro atoms. The minimum Gasteiger partial charge on any atom is -0.481 e. The summed E-state index contributed by atoms with van der Waals surface area (Å²) < 4.78 is 0. The van der Waals surface area contributed by atoms with Crippen LogP contribution in [-0.2, 0) is 11.2 Å². The molecule has 3 N–H and O–H groups in total. The predicted octanol–water partition coefficient (Wildman–Crippen LogP) is 2.25. The lowest BCUT2D eigenvalue weighted by Gasteiger charge is -2.34. The maximum atomic E-state index is 12.6. The van der Waals surface area contributed by atoms with Crippen molar-refractivity contribution in [2.45, 2.75) is 65.5 Å². The minimum atomic E-state index is -0.821. The van der Waals surface area contributed by atoms with E-state index in [1.807, 2.05) is 13.8 Å². The van der Waals surface area contributed by atoms with Crippen LogP contribution in [0.1, 0.15) is 60.4 Å². The van der Waals surface area contributed by atoms with E-state index in [2.05, 4.69) is 29.0 Å². The van der Waals surface area contributed by atoms with Crippen LogP contribution in [0.25, 0.3) is 0 Å². The van der Waals surface area contributed by atoms with E-state index < -0.39 is 5.97 Å². The number of aromatic amines is 1. The average Bonchev–Trinajstić information content (AvgIpc) is 2.80. The Balaban J connectivity index is 1.98. The van der Waals surface area contributed by atoms with Crippen molar-refractivity contribution in [2.24, 2.45) is 0 Å². The van der Waals surface area contributed by atoms with Gasteiger partial charge in [-0.05, 0) is 58.1 Å². The van der Waals surface area contributed by atoms with Gasteiger partial charge < -0.3 is 20.3 Å². The molecule has 0 aromatic carbocycles. The maximum Gasteiger partial charge on any atom is 0.303 e. The molecule has 1 amide bonds. The molecule has 1 fully saturated rings. The zero-order valence-electron chi connectivity index (χ0n) is 15.1. The van der Waals surface area contributed by atoms with E-state index in [0.29, 0.717) is 18.2 Å². The summed E-state index contributed by atoms with van der Waals surface area (Å²) >= 11 is 0. The van der Waals surface area contributed by atoms with Gasteiger partial charge in [0.15, 0.2) is 0 Å². The normalized spacial score (nSPS) is 16.5. The molecule has 0 bridgehead atoms. The molecule has 1 saturated heterocycles. The highest BCUT2D eigenvalue weighted by atomic mass is 16.4. The molecule has 0 saturated carbocycles. The first kappa shape index (κ1) is 18.5. The minimum absolute atomic E-state index is 0.0776. The molecule has 1 aromatic rings. The van der Waals surface area contributed by atoms with Crippen molar-refractivity contribution in [3.8, 4) is 0 Å². The van der Waals surface area contributed by atoms with Crippen LogP contribution in [0.4, 0.5) is 0 Å². The summed E-state index contributed by atoms with van der Waals surface area (Å²) in [6.07, 6.45) is 2.46. The number of hydrogen-bond donors (Lipinski definition) is 3. The van der Waals surface area contributed by atoms with Crippen molar-refractivity contribution in [1.82, 2.24) is 15.2 Å². The van der Waals surface area contributed by atoms with Crippen LogP contribution in [0.3, 0.4) is 0 Å². The first-order valence-corrected chi connectivity index (χ1v) is 8.74. The van der Waals surface area contributed by atoms with Gasteiger partial charge in [-0.15, -0.1) is 0 Å². The third-order valence-corrected chi connectivity index (χ3v) is 5.00. The first-order chi connectivity index (χ1) is 11.3. The van der Waals surface area contributed by atoms with Gasteiger partial charge in [0.25, 0.3) is 5.91 Å². The van der Waals surface area contributed by atoms with Crippen LogP contribution in [0.5, 0.6) is 0 Å². The SMILES string of the molecule is Cc1[nH]c(C(=O)NC2CCN(C(C)C)CC2)c(C)c1CCC(=O)O. The summed E-state index contributed by atoms with van der Waals surface area (Å²) in [7, 11) is 0. The van der Waals surface area contributed by atoms with Crippen LogP contribution in [0.15, 0.2) is 0 Å². The number of likely N-dealkylation sites (tertiary alicyclic amines) is 1. The number of piperidine rings is 1. The predicted molar refractivity (Wildman–Crippen MR) is 93.4 cm³/mol. The lowest BCUT2D eigenvalue weighted by atomic mass is 10.0. The largest absolute Gasteiger partial charge is 0.481 e. The molecular formula is C18H29N3O3. The molecule has 24 heavy (non-hydrogen) atoms. The van der Waals surface area contributed by atoms with Crippen LogP contribution in [0.2, 0.25) is 0 Å². The number of carboxylic acids is 1. The molecule has 2 heterocycles. The van der Waals surface area contributed by atoms with E-state index in [0.717, 1.165) is 42.8 Å². The molecule has 0 unspecified atom stereocenters. The molecule has 0 radical (unpaired) electrons. The molecule has 0 aliphatic carbocycles. The third kappa shape index (κ3) is 4.38. The number of nitrogens with zero attached hydrogens (tertiary/aromatic N) is 1. The average molecular weight is 335 g/mol. The van der Waals surface area contributed by atoms with Crippen molar-refractivity contribution in [3.05, 3.63) is 22.5 Å². The number of aliphatic carboxylic acids is 1. The number of aryl methyl sites for hydroxylation is 1. The first-order valence-electron chi connectivity index (χ1n) is 8.74. The monoisotopic (exact) mass is 335 g/mol. The van der Waals surface area contributed by atoms with Crippen LogP contribution >= 0.6 is 0 Å². The van der Waals surface area contributed by atoms with Crippen LogP contribution in [0, 0.1) is 13.8 Å². The summed E-state index contributed by atoms with van der Waals surface area (Å²) in [5.74, 6) is -0.905. The maximum absolute atomic E-state index is 12.6. The molecule has 134 valence electrons. The van der Waals surface area contributed by atoms with E-state index in [-0.39, 0.29) is 18.4 Å². The standard InChI is InChI=1S/C18H29N3O3/c1-11(2)21-9-7-14(8-10-21)20-18(24)17-12(3)15(13(4)19-17)5-6-16(22)23/h11,14,19H,5-10H2,1-4H3,(H,20,24)(H,22,23). The Morgan fingerprint density at radius 1 is 1.29 bits per heavy atom. The highest BCUT2D eigenvalue weighted by molar-refractivity contribution is 5.94. The van der Waals surface area contributed by atoms with E-state index >= 15 is 0 Å². The number of aromatic nitrogens is 1. The summed E-state index contributed by atoms with van der Waals surface area (Å²) in [4.78, 5) is 28.9. The number of carboxylic acid groups (broad SMARTS) is 1. The summed E-state index contributed by atoms with van der Waals surface area (Å²) in [6.45, 7) is 10.2. The zero-order valence-corrected chi connectivity index (χ0v) is 15.1. The Hall–Kier alpha value is -1.82. The van der Waals surface area contributed by atoms with Gasteiger partial charge in [-0.2, -0.15) is 0 Å². The quantitative estimate of drug-likeness (QED) is 0.744. The van der Waals surface area contributed by atoms with Gasteiger partial charge in [0.2, 0.25) is 0 Å². The van der Waals surface area contributed by atoms with Crippen molar-refractivity contribution in [1.29, 1.82) is 0 Å². The molecule has 1 aromatic heterocycles. The van der Waals surface area contributed by atoms with Crippen LogP contribution < -0.4 is 5.32 Å². The molecular weight excluding hydrogens is 306 g/mol. The van der Waals surface area contributed by atoms with Crippen molar-refractivity contribution in [3.63, 3.8) is 0 Å². The Labute approximate surface area is 143 Å². The molecule has 0 atom stereocenters. The Morgan fingerprint density at radius 2 is 1.92 bits per heavy atom. The van der Waals surface area contributed by atoms with E-state index in [9.17, 15) is 9.59 Å². The highest BCUT2D eigenvalue weighted by Gasteiger charge is 2.24. The zero-order chi connectivity index (χ0) is 17.9. The fourth-order valence-electron chi connectivity index (χ4n) is 3.44.